The zero-order valence-corrected chi connectivity index (χ0v) is 23.9. The van der Waals surface area contributed by atoms with E-state index in [1.54, 1.807) is 11.9 Å². The van der Waals surface area contributed by atoms with E-state index in [1.165, 1.54) is 9.13 Å². The first kappa shape index (κ1) is 27.0. The third kappa shape index (κ3) is 4.38. The van der Waals surface area contributed by atoms with E-state index in [0.29, 0.717) is 24.0 Å². The third-order valence-corrected chi connectivity index (χ3v) is 9.22. The largest absolute Gasteiger partial charge is 0.465 e. The van der Waals surface area contributed by atoms with Gasteiger partial charge in [-0.05, 0) is 54.5 Å². The molecule has 2 aromatic heterocycles. The van der Waals surface area contributed by atoms with Gasteiger partial charge in [0.05, 0.1) is 11.0 Å². The minimum Gasteiger partial charge on any atom is -0.465 e. The van der Waals surface area contributed by atoms with Crippen LogP contribution in [-0.2, 0) is 16.6 Å². The summed E-state index contributed by atoms with van der Waals surface area (Å²) in [7, 11) is 1.68. The Balaban J connectivity index is 1.20. The lowest BCUT2D eigenvalue weighted by molar-refractivity contribution is -0.135. The van der Waals surface area contributed by atoms with Crippen molar-refractivity contribution < 1.29 is 19.5 Å². The van der Waals surface area contributed by atoms with Crippen LogP contribution < -0.4 is 15.9 Å². The van der Waals surface area contributed by atoms with E-state index in [1.807, 2.05) is 36.5 Å². The van der Waals surface area contributed by atoms with Crippen LogP contribution in [0, 0.1) is 10.8 Å². The summed E-state index contributed by atoms with van der Waals surface area (Å²) in [5.41, 5.74) is 2.76. The van der Waals surface area contributed by atoms with Gasteiger partial charge in [-0.25, -0.2) is 14.6 Å². The number of nitrogens with zero attached hydrogens (tertiary/aromatic N) is 5. The van der Waals surface area contributed by atoms with E-state index in [9.17, 15) is 24.3 Å². The number of hydrogen-bond donors (Lipinski definition) is 2. The summed E-state index contributed by atoms with van der Waals surface area (Å²) in [4.78, 5) is 57.6. The lowest BCUT2D eigenvalue weighted by atomic mass is 9.58. The molecule has 0 aliphatic carbocycles. The fraction of sp³-hybridized carbons (Fsp3) is 0.500. The number of anilines is 1. The number of imidazole rings is 1. The number of rotatable bonds is 3. The second-order valence-corrected chi connectivity index (χ2v) is 12.8. The topological polar surface area (TPSA) is 130 Å². The molecule has 6 rings (SSSR count). The Kier molecular flexibility index (Phi) is 6.24. The van der Waals surface area contributed by atoms with Gasteiger partial charge in [0, 0.05) is 56.3 Å². The summed E-state index contributed by atoms with van der Waals surface area (Å²) in [6.45, 7) is 8.63. The molecular formula is C30H36N6O5. The molecule has 0 saturated carbocycles. The smallest absolute Gasteiger partial charge is 0.407 e. The van der Waals surface area contributed by atoms with Crippen molar-refractivity contribution >= 4 is 34.8 Å². The number of benzene rings is 1. The number of piperidine rings is 2. The molecule has 41 heavy (non-hydrogen) atoms. The average molecular weight is 561 g/mol. The molecule has 11 nitrogen and oxygen atoms in total. The van der Waals surface area contributed by atoms with Crippen LogP contribution >= 0.6 is 0 Å². The maximum atomic E-state index is 13.1. The number of nitrogens with one attached hydrogen (secondary N) is 1. The van der Waals surface area contributed by atoms with E-state index in [2.05, 4.69) is 31.0 Å². The molecule has 0 radical (unpaired) electrons. The SMILES string of the molecule is Cn1c(=O)n(C2CCC(=O)NC2=O)c2ccc(-c3ccc(N4CCC5(CC4)CN(C(=O)O)C5C(C)(C)C)nc3)cc21. The molecule has 3 aliphatic rings. The van der Waals surface area contributed by atoms with Gasteiger partial charge in [-0.2, -0.15) is 0 Å². The molecule has 0 bridgehead atoms. The Morgan fingerprint density at radius 1 is 1.05 bits per heavy atom. The number of likely N-dealkylation sites (tertiary alicyclic amines) is 1. The molecule has 1 spiro atoms. The summed E-state index contributed by atoms with van der Waals surface area (Å²) in [5.74, 6) is 0.125. The molecule has 3 aliphatic heterocycles. The maximum Gasteiger partial charge on any atom is 0.407 e. The van der Waals surface area contributed by atoms with Crippen LogP contribution in [0.5, 0.6) is 0 Å². The second-order valence-electron chi connectivity index (χ2n) is 12.8. The van der Waals surface area contributed by atoms with E-state index < -0.39 is 18.0 Å². The quantitative estimate of drug-likeness (QED) is 0.470. The molecule has 3 fully saturated rings. The van der Waals surface area contributed by atoms with Gasteiger partial charge in [0.25, 0.3) is 0 Å². The number of fused-ring (bicyclic) bond motifs is 1. The zero-order valence-electron chi connectivity index (χ0n) is 23.9. The first-order chi connectivity index (χ1) is 19.4. The molecule has 3 aromatic rings. The Morgan fingerprint density at radius 2 is 1.76 bits per heavy atom. The minimum atomic E-state index is -0.832. The molecule has 216 valence electrons. The summed E-state index contributed by atoms with van der Waals surface area (Å²) in [6, 6.07) is 9.03. The van der Waals surface area contributed by atoms with Crippen LogP contribution in [0.25, 0.3) is 22.2 Å². The second kappa shape index (κ2) is 9.46. The molecule has 2 atom stereocenters. The first-order valence-corrected chi connectivity index (χ1v) is 14.2. The van der Waals surface area contributed by atoms with Crippen molar-refractivity contribution in [3.05, 3.63) is 47.0 Å². The van der Waals surface area contributed by atoms with Gasteiger partial charge < -0.3 is 14.9 Å². The Bertz CT molecular complexity index is 1610. The highest BCUT2D eigenvalue weighted by molar-refractivity contribution is 6.00. The van der Waals surface area contributed by atoms with Gasteiger partial charge in [-0.15, -0.1) is 0 Å². The van der Waals surface area contributed by atoms with Crippen molar-refractivity contribution in [1.82, 2.24) is 24.3 Å². The van der Waals surface area contributed by atoms with E-state index in [0.717, 1.165) is 42.9 Å². The minimum absolute atomic E-state index is 0.0146. The van der Waals surface area contributed by atoms with Crippen molar-refractivity contribution in [1.29, 1.82) is 0 Å². The number of pyridine rings is 1. The van der Waals surface area contributed by atoms with Gasteiger partial charge in [-0.1, -0.05) is 26.8 Å². The van der Waals surface area contributed by atoms with Gasteiger partial charge in [-0.3, -0.25) is 24.0 Å². The van der Waals surface area contributed by atoms with E-state index in [4.69, 9.17) is 4.98 Å². The number of carbonyl (C=O) groups excluding carboxylic acids is 2. The fourth-order valence-electron chi connectivity index (χ4n) is 7.43. The van der Waals surface area contributed by atoms with Gasteiger partial charge in [0.15, 0.2) is 0 Å². The molecule has 2 N–H and O–H groups in total. The average Bonchev–Trinajstić information content (AvgIpc) is 3.16. The summed E-state index contributed by atoms with van der Waals surface area (Å²) in [5, 5.41) is 12.0. The van der Waals surface area contributed by atoms with E-state index in [-0.39, 0.29) is 34.9 Å². The predicted octanol–water partition coefficient (Wildman–Crippen LogP) is 3.37. The van der Waals surface area contributed by atoms with Crippen molar-refractivity contribution in [3.8, 4) is 11.1 Å². The number of hydrogen-bond acceptors (Lipinski definition) is 6. The van der Waals surface area contributed by atoms with E-state index >= 15 is 0 Å². The predicted molar refractivity (Wildman–Crippen MR) is 154 cm³/mol. The van der Waals surface area contributed by atoms with Crippen LogP contribution in [0.2, 0.25) is 0 Å². The van der Waals surface area contributed by atoms with Crippen molar-refractivity contribution in [2.75, 3.05) is 24.5 Å². The molecule has 3 saturated heterocycles. The van der Waals surface area contributed by atoms with Gasteiger partial charge in [0.2, 0.25) is 11.8 Å². The zero-order chi connectivity index (χ0) is 29.3. The summed E-state index contributed by atoms with van der Waals surface area (Å²) in [6.07, 6.45) is 3.35. The monoisotopic (exact) mass is 560 g/mol. The molecule has 11 heteroatoms. The lowest BCUT2D eigenvalue weighted by Gasteiger charge is -2.63. The van der Waals surface area contributed by atoms with Crippen LogP contribution in [0.4, 0.5) is 10.6 Å². The van der Waals surface area contributed by atoms with Crippen molar-refractivity contribution in [2.24, 2.45) is 17.9 Å². The Labute approximate surface area is 237 Å². The normalized spacial score (nSPS) is 22.6. The number of carboxylic acid groups (broad SMARTS) is 1. The molecular weight excluding hydrogens is 524 g/mol. The Morgan fingerprint density at radius 3 is 2.37 bits per heavy atom. The number of carbonyl (C=O) groups is 3. The standard InChI is InChI=1S/C30H36N6O5/c1-29(2,3)26-30(17-35(26)28(40)41)11-13-34(14-12-30)23-9-6-19(16-31-23)18-5-7-20-22(15-18)33(4)27(39)36(20)21-8-10-24(37)32-25(21)38/h5-7,9,15-16,21,26H,8,10-14,17H2,1-4H3,(H,40,41)(H,32,37,38). The van der Waals surface area contributed by atoms with Crippen LogP contribution in [0.15, 0.2) is 41.3 Å². The first-order valence-electron chi connectivity index (χ1n) is 14.2. The highest BCUT2D eigenvalue weighted by Gasteiger charge is 2.59. The van der Waals surface area contributed by atoms with Crippen LogP contribution in [-0.4, -0.2) is 67.7 Å². The summed E-state index contributed by atoms with van der Waals surface area (Å²) < 4.78 is 3.01. The van der Waals surface area contributed by atoms with Gasteiger partial charge >= 0.3 is 11.8 Å². The highest BCUT2D eigenvalue weighted by atomic mass is 16.4. The van der Waals surface area contributed by atoms with Crippen LogP contribution in [0.1, 0.15) is 52.5 Å². The van der Waals surface area contributed by atoms with Crippen molar-refractivity contribution in [3.63, 3.8) is 0 Å². The number of aromatic nitrogens is 3. The molecule has 1 aromatic carbocycles. The van der Waals surface area contributed by atoms with Crippen molar-refractivity contribution in [2.45, 2.75) is 58.5 Å². The lowest BCUT2D eigenvalue weighted by Crippen LogP contribution is -2.72. The number of aryl methyl sites for hydroxylation is 1. The highest BCUT2D eigenvalue weighted by Crippen LogP contribution is 2.53. The third-order valence-electron chi connectivity index (χ3n) is 9.22. The molecule has 5 heterocycles. The molecule has 3 amide bonds. The maximum absolute atomic E-state index is 13.1. The fourth-order valence-corrected chi connectivity index (χ4v) is 7.43. The van der Waals surface area contributed by atoms with Gasteiger partial charge in [0.1, 0.15) is 11.9 Å². The number of imide groups is 1. The summed E-state index contributed by atoms with van der Waals surface area (Å²) >= 11 is 0. The molecule has 2 unspecified atom stereocenters. The number of amides is 3. The van der Waals surface area contributed by atoms with Crippen LogP contribution in [0.3, 0.4) is 0 Å². The Hall–Kier alpha value is -4.15.